The largest absolute Gasteiger partial charge is 0.488 e. The van der Waals surface area contributed by atoms with Crippen LogP contribution in [-0.4, -0.2) is 25.2 Å². The molecule has 0 spiro atoms. The van der Waals surface area contributed by atoms with Crippen LogP contribution in [0.15, 0.2) is 146 Å². The van der Waals surface area contributed by atoms with Gasteiger partial charge in [0, 0.05) is 28.6 Å². The number of pyridine rings is 1. The van der Waals surface area contributed by atoms with Gasteiger partial charge in [0.05, 0.1) is 0 Å². The minimum Gasteiger partial charge on any atom is -0.488 e. The molecule has 1 aliphatic carbocycles. The van der Waals surface area contributed by atoms with Crippen molar-refractivity contribution in [3.05, 3.63) is 185 Å². The fourth-order valence-electron chi connectivity index (χ4n) is 7.17. The van der Waals surface area contributed by atoms with Crippen molar-refractivity contribution in [3.8, 4) is 28.3 Å². The molecule has 6 heteroatoms. The zero-order chi connectivity index (χ0) is 33.0. The van der Waals surface area contributed by atoms with Gasteiger partial charge in [0.15, 0.2) is 5.54 Å². The fourth-order valence-corrected chi connectivity index (χ4v) is 7.17. The summed E-state index contributed by atoms with van der Waals surface area (Å²) >= 11 is 0. The second kappa shape index (κ2) is 13.3. The highest BCUT2D eigenvalue weighted by molar-refractivity contribution is 5.81. The summed E-state index contributed by atoms with van der Waals surface area (Å²) < 4.78 is 6.54. The Morgan fingerprint density at radius 3 is 1.88 bits per heavy atom. The zero-order valence-electron chi connectivity index (χ0n) is 27.5. The second-order valence-corrected chi connectivity index (χ2v) is 12.6. The second-order valence-electron chi connectivity index (χ2n) is 12.6. The van der Waals surface area contributed by atoms with Crippen molar-refractivity contribution >= 4 is 0 Å². The van der Waals surface area contributed by atoms with E-state index >= 15 is 0 Å². The fraction of sp³-hybridized carbons (Fsp3) is 0.163. The summed E-state index contributed by atoms with van der Waals surface area (Å²) in [6.07, 6.45) is 4.37. The Kier molecular flexibility index (Phi) is 8.28. The van der Waals surface area contributed by atoms with Gasteiger partial charge in [0.25, 0.3) is 0 Å². The summed E-state index contributed by atoms with van der Waals surface area (Å²) in [6, 6.07) is 50.2. The van der Waals surface area contributed by atoms with Crippen molar-refractivity contribution in [2.24, 2.45) is 0 Å². The molecule has 0 unspecified atom stereocenters. The van der Waals surface area contributed by atoms with Gasteiger partial charge in [-0.1, -0.05) is 133 Å². The molecule has 2 aromatic heterocycles. The Bertz CT molecular complexity index is 2080. The summed E-state index contributed by atoms with van der Waals surface area (Å²) in [5.74, 6) is 1.49. The van der Waals surface area contributed by atoms with Gasteiger partial charge in [-0.05, 0) is 77.3 Å². The molecule has 0 amide bonds. The van der Waals surface area contributed by atoms with E-state index in [1.165, 1.54) is 24.1 Å². The number of rotatable bonds is 9. The minimum atomic E-state index is -0.860. The van der Waals surface area contributed by atoms with Gasteiger partial charge in [0.2, 0.25) is 5.82 Å². The Hall–Kier alpha value is -5.88. The first-order valence-electron chi connectivity index (χ1n) is 17.0. The quantitative estimate of drug-likeness (QED) is 0.148. The molecule has 49 heavy (non-hydrogen) atoms. The number of hydrogen-bond donors (Lipinski definition) is 0. The van der Waals surface area contributed by atoms with Crippen molar-refractivity contribution in [2.75, 3.05) is 0 Å². The van der Waals surface area contributed by atoms with Gasteiger partial charge in [-0.2, -0.15) is 0 Å². The highest BCUT2D eigenvalue weighted by Crippen LogP contribution is 2.41. The zero-order valence-corrected chi connectivity index (χ0v) is 27.5. The molecule has 5 aromatic carbocycles. The number of benzene rings is 5. The van der Waals surface area contributed by atoms with Crippen LogP contribution in [0.2, 0.25) is 0 Å². The Morgan fingerprint density at radius 1 is 0.653 bits per heavy atom. The number of fused-ring (bicyclic) bond motifs is 1. The maximum absolute atomic E-state index is 6.54. The molecule has 6 nitrogen and oxygen atoms in total. The first kappa shape index (κ1) is 30.5. The summed E-state index contributed by atoms with van der Waals surface area (Å²) in [5, 5.41) is 14.9. The summed E-state index contributed by atoms with van der Waals surface area (Å²) in [6.45, 7) is 2.47. The van der Waals surface area contributed by atoms with Crippen LogP contribution in [0.3, 0.4) is 0 Å². The predicted octanol–water partition coefficient (Wildman–Crippen LogP) is 9.01. The Morgan fingerprint density at radius 2 is 1.24 bits per heavy atom. The van der Waals surface area contributed by atoms with Gasteiger partial charge < -0.3 is 4.74 Å². The van der Waals surface area contributed by atoms with Crippen molar-refractivity contribution in [2.45, 2.75) is 44.8 Å². The van der Waals surface area contributed by atoms with E-state index in [4.69, 9.17) is 25.1 Å². The third-order valence-electron chi connectivity index (χ3n) is 9.48. The van der Waals surface area contributed by atoms with E-state index in [9.17, 15) is 0 Å². The first-order chi connectivity index (χ1) is 24.2. The third-order valence-corrected chi connectivity index (χ3v) is 9.48. The molecule has 0 radical (unpaired) electrons. The van der Waals surface area contributed by atoms with Gasteiger partial charge >= 0.3 is 0 Å². The molecule has 0 atom stereocenters. The summed E-state index contributed by atoms with van der Waals surface area (Å²) in [7, 11) is 0. The lowest BCUT2D eigenvalue weighted by molar-refractivity contribution is 0.300. The highest BCUT2D eigenvalue weighted by atomic mass is 16.5. The molecular weight excluding hydrogens is 603 g/mol. The SMILES string of the molecule is Cc1cc(OCc2ccc(-c3ccccc3)c(-c3nnn(C(c4ccccc4)(c4ccccc4)c4ccccc4)n3)c2)c2c(n1)CCCC2. The molecular formula is C43H37N5O. The van der Waals surface area contributed by atoms with Crippen LogP contribution in [0.4, 0.5) is 0 Å². The Labute approximate surface area is 287 Å². The maximum Gasteiger partial charge on any atom is 0.205 e. The van der Waals surface area contributed by atoms with Gasteiger partial charge in [0.1, 0.15) is 12.4 Å². The number of ether oxygens (including phenoxy) is 1. The van der Waals surface area contributed by atoms with E-state index < -0.39 is 5.54 Å². The Balaban J connectivity index is 1.26. The average molecular weight is 640 g/mol. The van der Waals surface area contributed by atoms with Gasteiger partial charge in [-0.25, -0.2) is 0 Å². The van der Waals surface area contributed by atoms with Crippen LogP contribution in [0.1, 0.15) is 52.0 Å². The molecule has 0 N–H and O–H groups in total. The normalized spacial score (nSPS) is 12.8. The van der Waals surface area contributed by atoms with E-state index in [2.05, 4.69) is 121 Å². The number of nitrogens with zero attached hydrogens (tertiary/aromatic N) is 5. The molecule has 0 aliphatic heterocycles. The number of aromatic nitrogens is 5. The van der Waals surface area contributed by atoms with Crippen LogP contribution in [-0.2, 0) is 25.0 Å². The lowest BCUT2D eigenvalue weighted by Crippen LogP contribution is -2.39. The highest BCUT2D eigenvalue weighted by Gasteiger charge is 2.41. The van der Waals surface area contributed by atoms with E-state index in [1.807, 2.05) is 31.2 Å². The van der Waals surface area contributed by atoms with Crippen LogP contribution in [0, 0.1) is 6.92 Å². The average Bonchev–Trinajstić information content (AvgIpc) is 3.66. The van der Waals surface area contributed by atoms with E-state index in [0.29, 0.717) is 12.4 Å². The van der Waals surface area contributed by atoms with Crippen LogP contribution in [0.5, 0.6) is 5.75 Å². The molecule has 1 aliphatic rings. The van der Waals surface area contributed by atoms with Crippen LogP contribution < -0.4 is 4.74 Å². The minimum absolute atomic E-state index is 0.425. The standard InChI is InChI=1S/C43H37N5O/c1-31-28-41(38-24-14-15-25-40(38)44-31)49-30-32-26-27-37(33-16-6-2-7-17-33)39(29-32)42-45-47-48(46-42)43(34-18-8-3-9-19-34,35-20-10-4-11-21-35)36-22-12-5-13-23-36/h2-13,16-23,26-29H,14-15,24-25,30H2,1H3. The molecule has 2 heterocycles. The van der Waals surface area contributed by atoms with Crippen molar-refractivity contribution in [1.82, 2.24) is 25.2 Å². The molecule has 240 valence electrons. The van der Waals surface area contributed by atoms with Crippen LogP contribution >= 0.6 is 0 Å². The van der Waals surface area contributed by atoms with Crippen molar-refractivity contribution in [3.63, 3.8) is 0 Å². The van der Waals surface area contributed by atoms with Gasteiger partial charge in [-0.15, -0.1) is 15.0 Å². The number of hydrogen-bond acceptors (Lipinski definition) is 5. The smallest absolute Gasteiger partial charge is 0.205 e. The topological polar surface area (TPSA) is 65.7 Å². The summed E-state index contributed by atoms with van der Waals surface area (Å²) in [5.41, 5.74) is 9.73. The van der Waals surface area contributed by atoms with Gasteiger partial charge in [-0.3, -0.25) is 4.98 Å². The summed E-state index contributed by atoms with van der Waals surface area (Å²) in [4.78, 5) is 6.59. The van der Waals surface area contributed by atoms with Crippen molar-refractivity contribution < 1.29 is 4.74 Å². The molecule has 0 saturated carbocycles. The number of tetrazole rings is 1. The lowest BCUT2D eigenvalue weighted by Gasteiger charge is -2.34. The van der Waals surface area contributed by atoms with E-state index in [1.54, 1.807) is 4.80 Å². The maximum atomic E-state index is 6.54. The molecule has 0 bridgehead atoms. The molecule has 0 fully saturated rings. The van der Waals surface area contributed by atoms with E-state index in [0.717, 1.165) is 63.2 Å². The molecule has 7 aromatic rings. The first-order valence-corrected chi connectivity index (χ1v) is 17.0. The number of aryl methyl sites for hydroxylation is 2. The van der Waals surface area contributed by atoms with Crippen molar-refractivity contribution in [1.29, 1.82) is 0 Å². The predicted molar refractivity (Wildman–Crippen MR) is 193 cm³/mol. The lowest BCUT2D eigenvalue weighted by atomic mass is 9.77. The monoisotopic (exact) mass is 639 g/mol. The van der Waals surface area contributed by atoms with Crippen LogP contribution in [0.25, 0.3) is 22.5 Å². The molecule has 8 rings (SSSR count). The molecule has 0 saturated heterocycles. The van der Waals surface area contributed by atoms with E-state index in [-0.39, 0.29) is 0 Å². The third kappa shape index (κ3) is 5.80.